The summed E-state index contributed by atoms with van der Waals surface area (Å²) in [5.74, 6) is -2.06. The lowest BCUT2D eigenvalue weighted by molar-refractivity contribution is -0.140. The Morgan fingerprint density at radius 2 is 1.74 bits per heavy atom. The molecule has 4 aromatic rings. The average Bonchev–Trinajstić information content (AvgIpc) is 2.89. The Balaban J connectivity index is 1.37. The van der Waals surface area contributed by atoms with Crippen molar-refractivity contribution in [2.45, 2.75) is 30.5 Å². The molecule has 0 unspecified atom stereocenters. The van der Waals surface area contributed by atoms with Crippen LogP contribution in [0.25, 0.3) is 10.8 Å². The molecule has 5 rings (SSSR count). The molecule has 1 amide bonds. The van der Waals surface area contributed by atoms with Crippen LogP contribution < -0.4 is 5.32 Å². The zero-order valence-corrected chi connectivity index (χ0v) is 21.8. The van der Waals surface area contributed by atoms with Gasteiger partial charge in [0.1, 0.15) is 5.82 Å². The van der Waals surface area contributed by atoms with E-state index in [2.05, 4.69) is 5.32 Å². The van der Waals surface area contributed by atoms with Crippen LogP contribution in [0.5, 0.6) is 0 Å². The molecule has 0 spiro atoms. The van der Waals surface area contributed by atoms with Crippen LogP contribution in [0.4, 0.5) is 23.2 Å². The normalized spacial score (nSPS) is 14.3. The monoisotopic (exact) mass is 576 g/mol. The predicted molar refractivity (Wildman–Crippen MR) is 140 cm³/mol. The smallest absolute Gasteiger partial charge is 0.324 e. The average molecular weight is 577 g/mol. The Kier molecular flexibility index (Phi) is 7.13. The van der Waals surface area contributed by atoms with Gasteiger partial charge in [0, 0.05) is 18.5 Å². The zero-order chi connectivity index (χ0) is 27.9. The third kappa shape index (κ3) is 5.36. The summed E-state index contributed by atoms with van der Waals surface area (Å²) < 4.78 is 81.0. The maximum Gasteiger partial charge on any atom is 0.419 e. The first-order valence-corrected chi connectivity index (χ1v) is 13.7. The van der Waals surface area contributed by atoms with Crippen LogP contribution in [-0.2, 0) is 40.4 Å². The molecule has 0 aliphatic carbocycles. The molecule has 0 atom stereocenters. The van der Waals surface area contributed by atoms with Gasteiger partial charge in [-0.1, -0.05) is 60.1 Å². The molecule has 0 saturated carbocycles. The Bertz CT molecular complexity index is 1700. The summed E-state index contributed by atoms with van der Waals surface area (Å²) in [6.45, 7) is 0.205. The molecule has 0 fully saturated rings. The van der Waals surface area contributed by atoms with E-state index in [1.165, 1.54) is 4.31 Å². The number of hydrogen-bond donors (Lipinski definition) is 1. The number of alkyl halides is 3. The quantitative estimate of drug-likeness (QED) is 0.273. The number of carbonyl (C=O) groups is 1. The van der Waals surface area contributed by atoms with Crippen molar-refractivity contribution < 1.29 is 30.8 Å². The van der Waals surface area contributed by atoms with Gasteiger partial charge in [0.15, 0.2) is 0 Å². The lowest BCUT2D eigenvalue weighted by atomic mass is 9.98. The molecule has 0 bridgehead atoms. The first kappa shape index (κ1) is 27.1. The predicted octanol–water partition coefficient (Wildman–Crippen LogP) is 6.58. The summed E-state index contributed by atoms with van der Waals surface area (Å²) in [5, 5.41) is 4.33. The Morgan fingerprint density at radius 1 is 1.00 bits per heavy atom. The van der Waals surface area contributed by atoms with Crippen molar-refractivity contribution in [1.82, 2.24) is 4.31 Å². The van der Waals surface area contributed by atoms with E-state index in [1.54, 1.807) is 36.4 Å². The van der Waals surface area contributed by atoms with Gasteiger partial charge in [-0.05, 0) is 52.8 Å². The number of anilines is 1. The molecule has 1 aliphatic rings. The fourth-order valence-corrected chi connectivity index (χ4v) is 6.63. The second kappa shape index (κ2) is 10.3. The summed E-state index contributed by atoms with van der Waals surface area (Å²) >= 11 is 6.36. The minimum Gasteiger partial charge on any atom is -0.324 e. The fourth-order valence-electron chi connectivity index (χ4n) is 4.77. The maximum absolute atomic E-state index is 13.9. The van der Waals surface area contributed by atoms with Crippen molar-refractivity contribution in [2.75, 3.05) is 11.9 Å². The van der Waals surface area contributed by atoms with Gasteiger partial charge >= 0.3 is 6.18 Å². The van der Waals surface area contributed by atoms with E-state index in [-0.39, 0.29) is 41.4 Å². The lowest BCUT2D eigenvalue weighted by Gasteiger charge is -2.30. The van der Waals surface area contributed by atoms with Gasteiger partial charge in [-0.2, -0.15) is 17.5 Å². The van der Waals surface area contributed by atoms with E-state index in [0.29, 0.717) is 34.3 Å². The summed E-state index contributed by atoms with van der Waals surface area (Å²) in [6, 6.07) is 17.9. The SMILES string of the molecule is O=C(Cc1ccc(C(F)(F)F)c(F)c1)Nc1c(Cl)ccc2c1CCN(S(=O)(=O)c1cccc3ccccc13)C2. The van der Waals surface area contributed by atoms with Gasteiger partial charge in [-0.3, -0.25) is 4.79 Å². The van der Waals surface area contributed by atoms with Crippen LogP contribution in [0.1, 0.15) is 22.3 Å². The summed E-state index contributed by atoms with van der Waals surface area (Å²) in [7, 11) is -3.84. The fraction of sp³-hybridized carbons (Fsp3) is 0.179. The Morgan fingerprint density at radius 3 is 2.49 bits per heavy atom. The molecule has 5 nitrogen and oxygen atoms in total. The molecule has 0 saturated heterocycles. The number of nitrogens with zero attached hydrogens (tertiary/aromatic N) is 1. The second-order valence-electron chi connectivity index (χ2n) is 9.16. The molecule has 202 valence electrons. The molecule has 1 N–H and O–H groups in total. The first-order chi connectivity index (χ1) is 18.4. The second-order valence-corrected chi connectivity index (χ2v) is 11.5. The number of sulfonamides is 1. The highest BCUT2D eigenvalue weighted by atomic mass is 35.5. The summed E-state index contributed by atoms with van der Waals surface area (Å²) in [6.07, 6.45) is -4.95. The van der Waals surface area contributed by atoms with Crippen LogP contribution in [0.2, 0.25) is 5.02 Å². The van der Waals surface area contributed by atoms with Gasteiger partial charge in [-0.25, -0.2) is 12.8 Å². The standard InChI is InChI=1S/C28H21ClF4N2O3S/c29-23-11-9-19-16-35(39(37,38)25-7-3-5-18-4-1-2-6-20(18)25)13-12-21(19)27(23)34-26(36)15-17-8-10-22(24(30)14-17)28(31,32)33/h1-11,14H,12-13,15-16H2,(H,34,36). The van der Waals surface area contributed by atoms with Crippen LogP contribution in [-0.4, -0.2) is 25.2 Å². The number of rotatable bonds is 5. The minimum absolute atomic E-state index is 0.0606. The van der Waals surface area contributed by atoms with Gasteiger partial charge in [-0.15, -0.1) is 0 Å². The van der Waals surface area contributed by atoms with E-state index in [0.717, 1.165) is 11.5 Å². The van der Waals surface area contributed by atoms with E-state index < -0.39 is 33.5 Å². The number of halogens is 5. The third-order valence-electron chi connectivity index (χ3n) is 6.65. The van der Waals surface area contributed by atoms with E-state index in [1.807, 2.05) is 18.2 Å². The van der Waals surface area contributed by atoms with Crippen LogP contribution >= 0.6 is 11.6 Å². The van der Waals surface area contributed by atoms with Crippen molar-refractivity contribution >= 4 is 44.0 Å². The maximum atomic E-state index is 13.9. The zero-order valence-electron chi connectivity index (χ0n) is 20.2. The third-order valence-corrected chi connectivity index (χ3v) is 8.87. The number of benzene rings is 4. The van der Waals surface area contributed by atoms with Gasteiger partial charge in [0.2, 0.25) is 15.9 Å². The van der Waals surface area contributed by atoms with Crippen LogP contribution in [0.3, 0.4) is 0 Å². The molecule has 11 heteroatoms. The van der Waals surface area contributed by atoms with Gasteiger partial charge in [0.25, 0.3) is 0 Å². The molecule has 0 aromatic heterocycles. The van der Waals surface area contributed by atoms with Crippen molar-refractivity contribution in [3.8, 4) is 0 Å². The molecular formula is C28H21ClF4N2O3S. The summed E-state index contributed by atoms with van der Waals surface area (Å²) in [5.41, 5.74) is 0.277. The molecule has 1 heterocycles. The molecule has 1 aliphatic heterocycles. The highest BCUT2D eigenvalue weighted by molar-refractivity contribution is 7.89. The number of nitrogens with one attached hydrogen (secondary N) is 1. The number of amides is 1. The van der Waals surface area contributed by atoms with Crippen molar-refractivity contribution in [3.63, 3.8) is 0 Å². The molecule has 4 aromatic carbocycles. The van der Waals surface area contributed by atoms with Gasteiger partial charge < -0.3 is 5.32 Å². The van der Waals surface area contributed by atoms with E-state index >= 15 is 0 Å². The summed E-state index contributed by atoms with van der Waals surface area (Å²) in [4.78, 5) is 12.9. The highest BCUT2D eigenvalue weighted by Crippen LogP contribution is 2.36. The van der Waals surface area contributed by atoms with Crippen LogP contribution in [0, 0.1) is 5.82 Å². The Hall–Kier alpha value is -3.47. The largest absolute Gasteiger partial charge is 0.419 e. The molecule has 0 radical (unpaired) electrons. The Labute approximate surface area is 227 Å². The highest BCUT2D eigenvalue weighted by Gasteiger charge is 2.34. The minimum atomic E-state index is -4.84. The first-order valence-electron chi connectivity index (χ1n) is 11.9. The van der Waals surface area contributed by atoms with Crippen molar-refractivity contribution in [1.29, 1.82) is 0 Å². The molecule has 39 heavy (non-hydrogen) atoms. The topological polar surface area (TPSA) is 66.5 Å². The molecular weight excluding hydrogens is 556 g/mol. The lowest BCUT2D eigenvalue weighted by Crippen LogP contribution is -2.36. The number of fused-ring (bicyclic) bond motifs is 2. The van der Waals surface area contributed by atoms with E-state index in [9.17, 15) is 30.8 Å². The van der Waals surface area contributed by atoms with Crippen molar-refractivity contribution in [2.24, 2.45) is 0 Å². The number of hydrogen-bond acceptors (Lipinski definition) is 3. The van der Waals surface area contributed by atoms with E-state index in [4.69, 9.17) is 11.6 Å². The number of carbonyl (C=O) groups excluding carboxylic acids is 1. The van der Waals surface area contributed by atoms with Crippen molar-refractivity contribution in [3.05, 3.63) is 106 Å². The van der Waals surface area contributed by atoms with Gasteiger partial charge in [0.05, 0.1) is 27.6 Å². The van der Waals surface area contributed by atoms with Crippen LogP contribution in [0.15, 0.2) is 77.7 Å².